The zero-order chi connectivity index (χ0) is 13.8. The Labute approximate surface area is 123 Å². The molecule has 20 heavy (non-hydrogen) atoms. The summed E-state index contributed by atoms with van der Waals surface area (Å²) in [4.78, 5) is 23.0. The SMILES string of the molecule is COC(=O)Cn1ccc(NC(=O)C(C)C2CNC2)n1.Cl. The smallest absolute Gasteiger partial charge is 0.327 e. The van der Waals surface area contributed by atoms with Gasteiger partial charge in [0.05, 0.1) is 7.11 Å². The number of halogens is 1. The van der Waals surface area contributed by atoms with Gasteiger partial charge in [-0.05, 0) is 19.0 Å². The maximum atomic E-state index is 12.0. The highest BCUT2D eigenvalue weighted by Crippen LogP contribution is 2.17. The summed E-state index contributed by atoms with van der Waals surface area (Å²) in [6, 6.07) is 1.66. The maximum absolute atomic E-state index is 12.0. The lowest BCUT2D eigenvalue weighted by atomic mass is 9.88. The number of carbonyl (C=O) groups is 2. The number of nitrogens with zero attached hydrogens (tertiary/aromatic N) is 2. The highest BCUT2D eigenvalue weighted by atomic mass is 35.5. The number of esters is 1. The van der Waals surface area contributed by atoms with E-state index in [1.165, 1.54) is 11.8 Å². The fourth-order valence-electron chi connectivity index (χ4n) is 1.83. The fourth-order valence-corrected chi connectivity index (χ4v) is 1.83. The van der Waals surface area contributed by atoms with Gasteiger partial charge in [0.1, 0.15) is 6.54 Å². The Balaban J connectivity index is 0.00000200. The van der Waals surface area contributed by atoms with Gasteiger partial charge in [-0.1, -0.05) is 6.92 Å². The molecule has 1 aliphatic heterocycles. The van der Waals surface area contributed by atoms with Crippen molar-refractivity contribution < 1.29 is 14.3 Å². The zero-order valence-corrected chi connectivity index (χ0v) is 12.3. The number of rotatable bonds is 5. The molecular weight excluding hydrogens is 284 g/mol. The second-order valence-electron chi connectivity index (χ2n) is 4.67. The van der Waals surface area contributed by atoms with Crippen molar-refractivity contribution in [3.63, 3.8) is 0 Å². The van der Waals surface area contributed by atoms with E-state index >= 15 is 0 Å². The van der Waals surface area contributed by atoms with Crippen molar-refractivity contribution >= 4 is 30.1 Å². The highest BCUT2D eigenvalue weighted by Gasteiger charge is 2.28. The molecule has 1 amide bonds. The molecule has 0 saturated carbocycles. The minimum absolute atomic E-state index is 0. The van der Waals surface area contributed by atoms with E-state index in [-0.39, 0.29) is 36.7 Å². The highest BCUT2D eigenvalue weighted by molar-refractivity contribution is 5.91. The van der Waals surface area contributed by atoms with Crippen LogP contribution in [0.15, 0.2) is 12.3 Å². The third-order valence-corrected chi connectivity index (χ3v) is 3.34. The molecule has 1 aliphatic rings. The molecule has 1 unspecified atom stereocenters. The van der Waals surface area contributed by atoms with Crippen molar-refractivity contribution in [3.8, 4) is 0 Å². The monoisotopic (exact) mass is 302 g/mol. The lowest BCUT2D eigenvalue weighted by Crippen LogP contribution is -2.48. The van der Waals surface area contributed by atoms with E-state index in [0.717, 1.165) is 13.1 Å². The Morgan fingerprint density at radius 1 is 1.60 bits per heavy atom. The number of anilines is 1. The average molecular weight is 303 g/mol. The van der Waals surface area contributed by atoms with Crippen LogP contribution in [0.1, 0.15) is 6.92 Å². The van der Waals surface area contributed by atoms with Crippen molar-refractivity contribution in [3.05, 3.63) is 12.3 Å². The van der Waals surface area contributed by atoms with Gasteiger partial charge in [0.25, 0.3) is 0 Å². The van der Waals surface area contributed by atoms with E-state index in [4.69, 9.17) is 0 Å². The van der Waals surface area contributed by atoms with Gasteiger partial charge in [-0.3, -0.25) is 14.3 Å². The largest absolute Gasteiger partial charge is 0.468 e. The Hall–Kier alpha value is -1.60. The Bertz CT molecular complexity index is 473. The standard InChI is InChI=1S/C12H18N4O3.ClH/c1-8(9-5-13-6-9)12(18)14-10-3-4-16(15-10)7-11(17)19-2;/h3-4,8-9,13H,5-7H2,1-2H3,(H,14,15,18);1H. The molecule has 7 nitrogen and oxygen atoms in total. The van der Waals surface area contributed by atoms with Crippen LogP contribution in [0.25, 0.3) is 0 Å². The molecule has 0 bridgehead atoms. The van der Waals surface area contributed by atoms with E-state index in [1.54, 1.807) is 12.3 Å². The molecule has 112 valence electrons. The third kappa shape index (κ3) is 3.94. The molecule has 8 heteroatoms. The van der Waals surface area contributed by atoms with Crippen LogP contribution in [-0.2, 0) is 20.9 Å². The van der Waals surface area contributed by atoms with Gasteiger partial charge >= 0.3 is 5.97 Å². The van der Waals surface area contributed by atoms with Gasteiger partial charge in [0.15, 0.2) is 5.82 Å². The fraction of sp³-hybridized carbons (Fsp3) is 0.583. The van der Waals surface area contributed by atoms with E-state index < -0.39 is 0 Å². The summed E-state index contributed by atoms with van der Waals surface area (Å²) in [7, 11) is 1.32. The van der Waals surface area contributed by atoms with Crippen molar-refractivity contribution in [2.75, 3.05) is 25.5 Å². The molecular formula is C12H19ClN4O3. The van der Waals surface area contributed by atoms with Crippen molar-refractivity contribution in [2.45, 2.75) is 13.5 Å². The second kappa shape index (κ2) is 7.25. The van der Waals surface area contributed by atoms with Gasteiger partial charge in [-0.25, -0.2) is 0 Å². The van der Waals surface area contributed by atoms with Crippen LogP contribution in [0.3, 0.4) is 0 Å². The minimum Gasteiger partial charge on any atom is -0.468 e. The Kier molecular flexibility index (Phi) is 5.97. The number of aromatic nitrogens is 2. The summed E-state index contributed by atoms with van der Waals surface area (Å²) in [6.07, 6.45) is 1.63. The molecule has 0 aliphatic carbocycles. The molecule has 1 fully saturated rings. The normalized spacial score (nSPS) is 15.7. The predicted molar refractivity (Wildman–Crippen MR) is 75.6 cm³/mol. The molecule has 2 N–H and O–H groups in total. The molecule has 1 aromatic rings. The summed E-state index contributed by atoms with van der Waals surface area (Å²) in [5.74, 6) is 0.363. The molecule has 1 atom stereocenters. The maximum Gasteiger partial charge on any atom is 0.327 e. The van der Waals surface area contributed by atoms with E-state index in [0.29, 0.717) is 11.7 Å². The number of hydrogen-bond acceptors (Lipinski definition) is 5. The van der Waals surface area contributed by atoms with Crippen LogP contribution >= 0.6 is 12.4 Å². The van der Waals surface area contributed by atoms with Crippen LogP contribution in [0.4, 0.5) is 5.82 Å². The van der Waals surface area contributed by atoms with Crippen LogP contribution in [0.2, 0.25) is 0 Å². The molecule has 0 aromatic carbocycles. The lowest BCUT2D eigenvalue weighted by Gasteiger charge is -2.31. The molecule has 0 radical (unpaired) electrons. The molecule has 1 saturated heterocycles. The summed E-state index contributed by atoms with van der Waals surface area (Å²) in [5.41, 5.74) is 0. The van der Waals surface area contributed by atoms with Crippen molar-refractivity contribution in [1.29, 1.82) is 0 Å². The first-order valence-electron chi connectivity index (χ1n) is 6.22. The molecule has 0 spiro atoms. The van der Waals surface area contributed by atoms with Crippen LogP contribution in [0, 0.1) is 11.8 Å². The number of carbonyl (C=O) groups excluding carboxylic acids is 2. The topological polar surface area (TPSA) is 85.2 Å². The molecule has 1 aromatic heterocycles. The summed E-state index contributed by atoms with van der Waals surface area (Å²) in [6.45, 7) is 3.71. The third-order valence-electron chi connectivity index (χ3n) is 3.34. The van der Waals surface area contributed by atoms with E-state index in [1.807, 2.05) is 6.92 Å². The van der Waals surface area contributed by atoms with Crippen LogP contribution < -0.4 is 10.6 Å². The van der Waals surface area contributed by atoms with Gasteiger partial charge in [-0.15, -0.1) is 12.4 Å². The first kappa shape index (κ1) is 16.5. The summed E-state index contributed by atoms with van der Waals surface area (Å²) >= 11 is 0. The number of nitrogens with one attached hydrogen (secondary N) is 2. The van der Waals surface area contributed by atoms with E-state index in [2.05, 4.69) is 20.5 Å². The van der Waals surface area contributed by atoms with Crippen molar-refractivity contribution in [2.24, 2.45) is 11.8 Å². The van der Waals surface area contributed by atoms with E-state index in [9.17, 15) is 9.59 Å². The first-order valence-corrected chi connectivity index (χ1v) is 6.22. The quantitative estimate of drug-likeness (QED) is 0.763. The average Bonchev–Trinajstić information content (AvgIpc) is 2.73. The van der Waals surface area contributed by atoms with Crippen LogP contribution in [-0.4, -0.2) is 41.9 Å². The van der Waals surface area contributed by atoms with Crippen LogP contribution in [0.5, 0.6) is 0 Å². The second-order valence-corrected chi connectivity index (χ2v) is 4.67. The zero-order valence-electron chi connectivity index (χ0n) is 11.5. The Morgan fingerprint density at radius 2 is 2.30 bits per heavy atom. The van der Waals surface area contributed by atoms with Gasteiger partial charge in [0, 0.05) is 18.2 Å². The number of ether oxygens (including phenoxy) is 1. The Morgan fingerprint density at radius 3 is 2.85 bits per heavy atom. The summed E-state index contributed by atoms with van der Waals surface area (Å²) in [5, 5.41) is 9.99. The number of methoxy groups -OCH3 is 1. The van der Waals surface area contributed by atoms with Crippen molar-refractivity contribution in [1.82, 2.24) is 15.1 Å². The predicted octanol–water partition coefficient (Wildman–Crippen LogP) is 0.272. The minimum atomic E-state index is -0.380. The molecule has 2 rings (SSSR count). The molecule has 2 heterocycles. The van der Waals surface area contributed by atoms with Gasteiger partial charge < -0.3 is 15.4 Å². The summed E-state index contributed by atoms with van der Waals surface area (Å²) < 4.78 is 5.97. The van der Waals surface area contributed by atoms with Gasteiger partial charge in [-0.2, -0.15) is 5.10 Å². The number of hydrogen-bond donors (Lipinski definition) is 2. The first-order chi connectivity index (χ1) is 9.10. The number of amides is 1. The lowest BCUT2D eigenvalue weighted by molar-refractivity contribution is -0.141. The van der Waals surface area contributed by atoms with Gasteiger partial charge in [0.2, 0.25) is 5.91 Å².